The lowest BCUT2D eigenvalue weighted by Crippen LogP contribution is -2.71. The second-order valence-electron chi connectivity index (χ2n) is 31.1. The van der Waals surface area contributed by atoms with Gasteiger partial charge in [-0.3, -0.25) is 9.59 Å². The minimum Gasteiger partial charge on any atom is -0.497 e. The first-order chi connectivity index (χ1) is 47.5. The lowest BCUT2D eigenvalue weighted by molar-refractivity contribution is -0.391. The number of methoxy groups -OCH3 is 1. The van der Waals surface area contributed by atoms with Gasteiger partial charge in [-0.1, -0.05) is 51.5 Å². The van der Waals surface area contributed by atoms with Gasteiger partial charge >= 0.3 is 17.9 Å². The molecule has 0 unspecified atom stereocenters. The zero-order valence-electron chi connectivity index (χ0n) is 57.6. The fourth-order valence-electron chi connectivity index (χ4n) is 19.2. The van der Waals surface area contributed by atoms with Gasteiger partial charge in [0, 0.05) is 11.5 Å². The Bertz CT molecular complexity index is 3140. The van der Waals surface area contributed by atoms with Crippen molar-refractivity contribution in [2.75, 3.05) is 33.5 Å². The van der Waals surface area contributed by atoms with Crippen molar-refractivity contribution in [2.24, 2.45) is 50.2 Å². The van der Waals surface area contributed by atoms with Gasteiger partial charge in [0.05, 0.1) is 63.4 Å². The molecule has 1 aromatic carbocycles. The first-order valence-corrected chi connectivity index (χ1v) is 34.7. The standard InChI is InChI=1S/C69H102O32/c1-28-52(97-57-48(83)42(77)35(74)26-91-57)47(82)51(86)58(92-28)99-55-54(98-59-49(84)45(80)43(78)36(24-70)94-59)53(96-41(76)16-11-30-9-12-31(90-8)13-10-30)29(2)93-61(55)101-63(89)69-20-19-68(27-72)32(33(69)21-64(3,4)23-40(69)75)14-15-38-65(5)22-34(73)56(67(7,62(87)88)39(65)17-18-66(38,68)6)100-60-50(85)46(81)44(79)37(25-71)95-60/h9-14,16,28-29,33-40,42-61,70-75,77-86H,15,17-27H2,1-8H3,(H,87,88)/b16-11+/t28-,29-,33-,34-,35+,36-,37+,38+,39+,40+,42-,43-,44+,45+,46-,47-,48+,49-,50+,51+,52-,53+,54+,55-,56-,57-,58-,59+,60-,61+,65+,66+,67-,68-,69-/m0/s1. The molecule has 11 rings (SSSR count). The molecule has 9 fully saturated rings. The third-order valence-electron chi connectivity index (χ3n) is 24.8. The number of aliphatic carboxylic acids is 1. The zero-order chi connectivity index (χ0) is 73.7. The molecule has 5 aliphatic heterocycles. The number of carboxylic acid groups (broad SMARTS) is 1. The lowest BCUT2D eigenvalue weighted by atomic mass is 9.33. The molecule has 5 heterocycles. The summed E-state index contributed by atoms with van der Waals surface area (Å²) in [6.45, 7) is 9.28. The van der Waals surface area contributed by atoms with Crippen molar-refractivity contribution in [3.8, 4) is 5.75 Å². The number of fused-ring (bicyclic) bond motifs is 7. The molecule has 0 radical (unpaired) electrons. The van der Waals surface area contributed by atoms with Gasteiger partial charge in [-0.05, 0) is 130 Å². The maximum atomic E-state index is 16.3. The molecule has 5 aliphatic carbocycles. The van der Waals surface area contributed by atoms with Crippen LogP contribution in [0.3, 0.4) is 0 Å². The van der Waals surface area contributed by atoms with Crippen LogP contribution in [0.5, 0.6) is 5.75 Å². The topological polar surface area (TPSA) is 506 Å². The van der Waals surface area contributed by atoms with Gasteiger partial charge in [0.15, 0.2) is 37.4 Å². The van der Waals surface area contributed by atoms with Crippen molar-refractivity contribution in [3.63, 3.8) is 0 Å². The number of carbonyl (C=O) groups excluding carboxylic acids is 2. The Morgan fingerprint density at radius 2 is 1.14 bits per heavy atom. The van der Waals surface area contributed by atoms with E-state index in [9.17, 15) is 96.4 Å². The molecule has 32 heteroatoms. The van der Waals surface area contributed by atoms with Crippen molar-refractivity contribution < 1.29 is 158 Å². The van der Waals surface area contributed by atoms with Gasteiger partial charge in [-0.25, -0.2) is 4.79 Å². The van der Waals surface area contributed by atoms with Crippen molar-refractivity contribution in [3.05, 3.63) is 47.6 Å². The Morgan fingerprint density at radius 1 is 0.574 bits per heavy atom. The van der Waals surface area contributed by atoms with Crippen LogP contribution in [-0.2, 0) is 66.5 Å². The number of benzene rings is 1. The van der Waals surface area contributed by atoms with Crippen LogP contribution >= 0.6 is 0 Å². The van der Waals surface area contributed by atoms with Crippen LogP contribution in [0.2, 0.25) is 0 Å². The van der Waals surface area contributed by atoms with Crippen LogP contribution < -0.4 is 4.74 Å². The van der Waals surface area contributed by atoms with E-state index < -0.39 is 260 Å². The third kappa shape index (κ3) is 13.4. The SMILES string of the molecule is COc1ccc(/C=C/C(=O)O[C@H]2[C@@H](O[C@H]3O[C@@H](CO)[C@H](O)[C@@H](O)[C@@H]3O)[C@H](O[C@@H]3O[C@@H](C)[C@H](O[C@@H]4OC[C@@H](O)[C@H](O)[C@H]4O)[C@@H](O)[C@H]3O)[C@@H](OC(=O)[C@@]34CC[C@]5(CO)C(=CC[C@@H]6[C@@]7(C)C[C@H](O)[C@H](O[C@@H]8O[C@H](CO)[C@@H](O)[C@H](O)[C@H]8O)[C@@](C)(C(=O)O)[C@@H]7CC[C@]65C)[C@@H]3CC(C)(C)C[C@H]4O)O[C@H]2C)cc1. The molecule has 10 aliphatic rings. The second kappa shape index (κ2) is 29.6. The molecule has 4 saturated carbocycles. The van der Waals surface area contributed by atoms with Gasteiger partial charge in [-0.15, -0.1) is 0 Å². The predicted molar refractivity (Wildman–Crippen MR) is 339 cm³/mol. The molecule has 5 saturated heterocycles. The smallest absolute Gasteiger partial charge is 0.331 e. The van der Waals surface area contributed by atoms with Crippen LogP contribution in [0.15, 0.2) is 42.0 Å². The quantitative estimate of drug-likeness (QED) is 0.0297. The summed E-state index contributed by atoms with van der Waals surface area (Å²) in [6.07, 6.45) is -43.0. The van der Waals surface area contributed by atoms with Crippen LogP contribution in [0.25, 0.3) is 6.08 Å². The summed E-state index contributed by atoms with van der Waals surface area (Å²) in [5, 5.41) is 191. The molecule has 0 aromatic heterocycles. The van der Waals surface area contributed by atoms with Crippen LogP contribution in [0.4, 0.5) is 0 Å². The summed E-state index contributed by atoms with van der Waals surface area (Å²) in [6, 6.07) is 6.57. The van der Waals surface area contributed by atoms with E-state index in [1.165, 1.54) is 34.0 Å². The fourth-order valence-corrected chi connectivity index (χ4v) is 19.2. The van der Waals surface area contributed by atoms with Crippen LogP contribution in [0, 0.1) is 50.2 Å². The highest BCUT2D eigenvalue weighted by molar-refractivity contribution is 5.87. The zero-order valence-corrected chi connectivity index (χ0v) is 57.6. The van der Waals surface area contributed by atoms with Gasteiger partial charge in [0.2, 0.25) is 6.29 Å². The molecule has 0 bridgehead atoms. The molecule has 0 spiro atoms. The van der Waals surface area contributed by atoms with Crippen molar-refractivity contribution in [1.29, 1.82) is 0 Å². The highest BCUT2D eigenvalue weighted by Crippen LogP contribution is 2.76. The Labute approximate surface area is 582 Å². The highest BCUT2D eigenvalue weighted by atomic mass is 16.8. The molecule has 0 amide bonds. The van der Waals surface area contributed by atoms with E-state index in [2.05, 4.69) is 0 Å². The Morgan fingerprint density at radius 3 is 1.74 bits per heavy atom. The number of hydrogen-bond acceptors (Lipinski definition) is 31. The number of ether oxygens (including phenoxy) is 12. The number of carboxylic acids is 1. The minimum atomic E-state index is -2.17. The molecule has 32 nitrogen and oxygen atoms in total. The predicted octanol–water partition coefficient (Wildman–Crippen LogP) is -3.27. The summed E-state index contributed by atoms with van der Waals surface area (Å²) >= 11 is 0. The molecule has 35 atom stereocenters. The fraction of sp³-hybridized carbons (Fsp3) is 0.812. The average Bonchev–Trinajstić information content (AvgIpc) is 0.667. The van der Waals surface area contributed by atoms with E-state index in [0.717, 1.165) is 6.08 Å². The van der Waals surface area contributed by atoms with E-state index in [1.54, 1.807) is 24.3 Å². The highest BCUT2D eigenvalue weighted by Gasteiger charge is 2.75. The first kappa shape index (κ1) is 78.0. The summed E-state index contributed by atoms with van der Waals surface area (Å²) < 4.78 is 72.9. The Balaban J connectivity index is 0.952. The number of hydrogen-bond donors (Lipinski definition) is 17. The van der Waals surface area contributed by atoms with Crippen molar-refractivity contribution in [2.45, 2.75) is 266 Å². The van der Waals surface area contributed by atoms with Gasteiger partial charge in [-0.2, -0.15) is 0 Å². The van der Waals surface area contributed by atoms with Crippen LogP contribution in [-0.4, -0.2) is 304 Å². The maximum absolute atomic E-state index is 16.3. The summed E-state index contributed by atoms with van der Waals surface area (Å²) in [7, 11) is 1.47. The molecular weight excluding hydrogens is 1340 g/mol. The minimum absolute atomic E-state index is 0.0180. The van der Waals surface area contributed by atoms with E-state index in [4.69, 9.17) is 56.8 Å². The summed E-state index contributed by atoms with van der Waals surface area (Å²) in [4.78, 5) is 44.5. The Kier molecular flexibility index (Phi) is 22.8. The molecule has 17 N–H and O–H groups in total. The average molecular weight is 1440 g/mol. The van der Waals surface area contributed by atoms with Gasteiger partial charge in [0.1, 0.15) is 109 Å². The lowest BCUT2D eigenvalue weighted by Gasteiger charge is -2.71. The van der Waals surface area contributed by atoms with Gasteiger partial charge in [0.25, 0.3) is 0 Å². The number of aliphatic hydroxyl groups is 16. The third-order valence-corrected chi connectivity index (χ3v) is 24.8. The maximum Gasteiger partial charge on any atom is 0.331 e. The van der Waals surface area contributed by atoms with Crippen molar-refractivity contribution in [1.82, 2.24) is 0 Å². The molecule has 570 valence electrons. The van der Waals surface area contributed by atoms with Crippen LogP contribution in [0.1, 0.15) is 105 Å². The van der Waals surface area contributed by atoms with Crippen molar-refractivity contribution >= 4 is 24.0 Å². The summed E-state index contributed by atoms with van der Waals surface area (Å²) in [5.41, 5.74) is -6.55. The number of esters is 2. The monoisotopic (exact) mass is 1440 g/mol. The first-order valence-electron chi connectivity index (χ1n) is 34.7. The van der Waals surface area contributed by atoms with E-state index in [0.29, 0.717) is 16.9 Å². The van der Waals surface area contributed by atoms with E-state index >= 15 is 4.79 Å². The van der Waals surface area contributed by atoms with E-state index in [-0.39, 0.29) is 51.4 Å². The number of carbonyl (C=O) groups is 3. The largest absolute Gasteiger partial charge is 0.497 e. The van der Waals surface area contributed by atoms with Gasteiger partial charge < -0.3 is 144 Å². The molecular formula is C69H102O32. The number of allylic oxidation sites excluding steroid dienone is 1. The second-order valence-corrected chi connectivity index (χ2v) is 31.1. The number of rotatable bonds is 18. The summed E-state index contributed by atoms with van der Waals surface area (Å²) in [5.74, 6) is -5.12. The molecule has 1 aromatic rings. The van der Waals surface area contributed by atoms with E-state index in [1.807, 2.05) is 33.8 Å². The Hall–Kier alpha value is -4.09. The molecule has 101 heavy (non-hydrogen) atoms. The number of aliphatic hydroxyl groups excluding tert-OH is 16. The normalized spacial score (nSPS) is 49.8.